The molecule has 0 saturated heterocycles. The van der Waals surface area contributed by atoms with Crippen LogP contribution in [0.4, 0.5) is 4.79 Å². The van der Waals surface area contributed by atoms with Gasteiger partial charge in [-0.3, -0.25) is 0 Å². The molecule has 1 unspecified atom stereocenters. The van der Waals surface area contributed by atoms with Gasteiger partial charge in [0.2, 0.25) is 0 Å². The summed E-state index contributed by atoms with van der Waals surface area (Å²) < 4.78 is 10.6. The molecule has 1 aromatic rings. The van der Waals surface area contributed by atoms with E-state index in [-0.39, 0.29) is 17.9 Å². The van der Waals surface area contributed by atoms with Crippen LogP contribution in [0, 0.1) is 5.41 Å². The Labute approximate surface area is 144 Å². The maximum Gasteiger partial charge on any atom is 0.407 e. The van der Waals surface area contributed by atoms with Crippen molar-refractivity contribution in [3.05, 3.63) is 23.8 Å². The summed E-state index contributed by atoms with van der Waals surface area (Å²) in [7, 11) is 3.17. The quantitative estimate of drug-likeness (QED) is 0.760. The molecule has 1 rings (SSSR count). The summed E-state index contributed by atoms with van der Waals surface area (Å²) in [6, 6.07) is 5.69. The van der Waals surface area contributed by atoms with Crippen LogP contribution < -0.4 is 9.47 Å². The van der Waals surface area contributed by atoms with E-state index < -0.39 is 6.09 Å². The van der Waals surface area contributed by atoms with E-state index >= 15 is 0 Å². The first-order valence-electron chi connectivity index (χ1n) is 8.05. The number of aliphatic hydroxyl groups excluding tert-OH is 1. The highest BCUT2D eigenvalue weighted by molar-refractivity contribution is 5.65. The Morgan fingerprint density at radius 3 is 2.29 bits per heavy atom. The first-order chi connectivity index (χ1) is 11.2. The lowest BCUT2D eigenvalue weighted by atomic mass is 9.76. The molecule has 1 atom stereocenters. The Hall–Kier alpha value is -1.95. The van der Waals surface area contributed by atoms with Crippen LogP contribution in [-0.4, -0.2) is 55.1 Å². The summed E-state index contributed by atoms with van der Waals surface area (Å²) in [5, 5.41) is 18.4. The van der Waals surface area contributed by atoms with Crippen molar-refractivity contribution in [1.29, 1.82) is 0 Å². The van der Waals surface area contributed by atoms with E-state index in [9.17, 15) is 9.90 Å². The van der Waals surface area contributed by atoms with E-state index in [2.05, 4.69) is 20.8 Å². The second kappa shape index (κ2) is 8.78. The van der Waals surface area contributed by atoms with Crippen molar-refractivity contribution in [3.63, 3.8) is 0 Å². The molecule has 6 heteroatoms. The van der Waals surface area contributed by atoms with Gasteiger partial charge in [-0.25, -0.2) is 4.79 Å². The number of carbonyl (C=O) groups is 1. The van der Waals surface area contributed by atoms with Crippen LogP contribution in [0.3, 0.4) is 0 Å². The summed E-state index contributed by atoms with van der Waals surface area (Å²) >= 11 is 0. The molecule has 0 radical (unpaired) electrons. The van der Waals surface area contributed by atoms with Gasteiger partial charge >= 0.3 is 6.09 Å². The standard InChI is InChI=1S/C18H29NO5/c1-18(2,3)14(12-19(17(21)22)9-6-10-20)13-7-8-15(23-4)16(11-13)24-5/h7-8,11,14,20H,6,9-10,12H2,1-5H3,(H,21,22). The van der Waals surface area contributed by atoms with E-state index in [1.165, 1.54) is 4.90 Å². The van der Waals surface area contributed by atoms with Crippen molar-refractivity contribution in [1.82, 2.24) is 4.90 Å². The lowest BCUT2D eigenvalue weighted by Gasteiger charge is -2.35. The molecule has 0 aliphatic carbocycles. The van der Waals surface area contributed by atoms with Crippen LogP contribution in [0.5, 0.6) is 11.5 Å². The van der Waals surface area contributed by atoms with Crippen LogP contribution in [0.25, 0.3) is 0 Å². The molecular formula is C18H29NO5. The zero-order valence-corrected chi connectivity index (χ0v) is 15.2. The molecule has 0 aliphatic heterocycles. The highest BCUT2D eigenvalue weighted by atomic mass is 16.5. The summed E-state index contributed by atoms with van der Waals surface area (Å²) in [6.07, 6.45) is -0.548. The largest absolute Gasteiger partial charge is 0.493 e. The number of carboxylic acid groups (broad SMARTS) is 1. The number of benzene rings is 1. The van der Waals surface area contributed by atoms with Crippen molar-refractivity contribution in [2.75, 3.05) is 33.9 Å². The Bertz CT molecular complexity index is 539. The second-order valence-corrected chi connectivity index (χ2v) is 6.84. The van der Waals surface area contributed by atoms with Crippen LogP contribution in [0.1, 0.15) is 38.7 Å². The molecule has 136 valence electrons. The van der Waals surface area contributed by atoms with Gasteiger partial charge in [-0.15, -0.1) is 0 Å². The van der Waals surface area contributed by atoms with Gasteiger partial charge in [-0.05, 0) is 29.5 Å². The molecule has 0 aliphatic rings. The molecular weight excluding hydrogens is 310 g/mol. The van der Waals surface area contributed by atoms with Gasteiger partial charge in [0, 0.05) is 25.6 Å². The number of nitrogens with zero attached hydrogens (tertiary/aromatic N) is 1. The Morgan fingerprint density at radius 2 is 1.83 bits per heavy atom. The maximum absolute atomic E-state index is 11.5. The third kappa shape index (κ3) is 5.30. The van der Waals surface area contributed by atoms with Gasteiger partial charge in [0.25, 0.3) is 0 Å². The highest BCUT2D eigenvalue weighted by Crippen LogP contribution is 2.39. The third-order valence-corrected chi connectivity index (χ3v) is 4.11. The molecule has 6 nitrogen and oxygen atoms in total. The van der Waals surface area contributed by atoms with E-state index in [1.54, 1.807) is 14.2 Å². The minimum Gasteiger partial charge on any atom is -0.493 e. The molecule has 1 amide bonds. The molecule has 0 aromatic heterocycles. The normalized spacial score (nSPS) is 12.6. The molecule has 24 heavy (non-hydrogen) atoms. The third-order valence-electron chi connectivity index (χ3n) is 4.11. The first-order valence-corrected chi connectivity index (χ1v) is 8.05. The average Bonchev–Trinajstić information content (AvgIpc) is 2.52. The van der Waals surface area contributed by atoms with Gasteiger partial charge in [0.15, 0.2) is 11.5 Å². The lowest BCUT2D eigenvalue weighted by Crippen LogP contribution is -2.38. The smallest absolute Gasteiger partial charge is 0.407 e. The predicted molar refractivity (Wildman–Crippen MR) is 93.0 cm³/mol. The van der Waals surface area contributed by atoms with Gasteiger partial charge in [0.05, 0.1) is 14.2 Å². The summed E-state index contributed by atoms with van der Waals surface area (Å²) in [4.78, 5) is 12.9. The molecule has 1 aromatic carbocycles. The van der Waals surface area contributed by atoms with Gasteiger partial charge < -0.3 is 24.6 Å². The fourth-order valence-corrected chi connectivity index (χ4v) is 2.70. The summed E-state index contributed by atoms with van der Waals surface area (Å²) in [6.45, 7) is 6.89. The van der Waals surface area contributed by atoms with Gasteiger partial charge in [-0.2, -0.15) is 0 Å². The van der Waals surface area contributed by atoms with Crippen molar-refractivity contribution in [2.24, 2.45) is 5.41 Å². The molecule has 0 saturated carbocycles. The number of amides is 1. The van der Waals surface area contributed by atoms with Gasteiger partial charge in [-0.1, -0.05) is 26.8 Å². The average molecular weight is 339 g/mol. The molecule has 0 bridgehead atoms. The van der Waals surface area contributed by atoms with Gasteiger partial charge in [0.1, 0.15) is 0 Å². The number of hydrogen-bond acceptors (Lipinski definition) is 4. The van der Waals surface area contributed by atoms with E-state index in [4.69, 9.17) is 14.6 Å². The fourth-order valence-electron chi connectivity index (χ4n) is 2.70. The maximum atomic E-state index is 11.5. The van der Waals surface area contributed by atoms with E-state index in [1.807, 2.05) is 18.2 Å². The molecule has 0 spiro atoms. The van der Waals surface area contributed by atoms with Crippen molar-refractivity contribution >= 4 is 6.09 Å². The van der Waals surface area contributed by atoms with Crippen molar-refractivity contribution in [3.8, 4) is 11.5 Å². The van der Waals surface area contributed by atoms with Crippen LogP contribution in [0.15, 0.2) is 18.2 Å². The minimum atomic E-state index is -0.974. The SMILES string of the molecule is COc1ccc(C(CN(CCCO)C(=O)O)C(C)(C)C)cc1OC. The van der Waals surface area contributed by atoms with E-state index in [0.717, 1.165) is 5.56 Å². The van der Waals surface area contributed by atoms with Crippen molar-refractivity contribution < 1.29 is 24.5 Å². The Kier molecular flexibility index (Phi) is 7.35. The Balaban J connectivity index is 3.15. The lowest BCUT2D eigenvalue weighted by molar-refractivity contribution is 0.127. The number of hydrogen-bond donors (Lipinski definition) is 2. The van der Waals surface area contributed by atoms with Crippen LogP contribution in [0.2, 0.25) is 0 Å². The fraction of sp³-hybridized carbons (Fsp3) is 0.611. The van der Waals surface area contributed by atoms with Crippen LogP contribution >= 0.6 is 0 Å². The highest BCUT2D eigenvalue weighted by Gasteiger charge is 2.30. The Morgan fingerprint density at radius 1 is 1.21 bits per heavy atom. The zero-order valence-electron chi connectivity index (χ0n) is 15.2. The van der Waals surface area contributed by atoms with Crippen LogP contribution in [-0.2, 0) is 0 Å². The number of methoxy groups -OCH3 is 2. The predicted octanol–water partition coefficient (Wildman–Crippen LogP) is 3.20. The molecule has 0 heterocycles. The number of ether oxygens (including phenoxy) is 2. The number of aliphatic hydroxyl groups is 1. The van der Waals surface area contributed by atoms with E-state index in [0.29, 0.717) is 31.0 Å². The second-order valence-electron chi connectivity index (χ2n) is 6.84. The molecule has 0 fully saturated rings. The minimum absolute atomic E-state index is 0.0212. The molecule has 2 N–H and O–H groups in total. The summed E-state index contributed by atoms with van der Waals surface area (Å²) in [5.74, 6) is 1.25. The topological polar surface area (TPSA) is 79.2 Å². The zero-order chi connectivity index (χ0) is 18.3. The number of rotatable bonds is 8. The first kappa shape index (κ1) is 20.1. The summed E-state index contributed by atoms with van der Waals surface area (Å²) in [5.41, 5.74) is 0.849. The van der Waals surface area contributed by atoms with Crippen molar-refractivity contribution in [2.45, 2.75) is 33.1 Å². The monoisotopic (exact) mass is 339 g/mol.